The lowest BCUT2D eigenvalue weighted by molar-refractivity contribution is 0.208. The Labute approximate surface area is 104 Å². The summed E-state index contributed by atoms with van der Waals surface area (Å²) >= 11 is 0. The van der Waals surface area contributed by atoms with Crippen LogP contribution in [0.1, 0.15) is 57.7 Å². The second kappa shape index (κ2) is 5.21. The van der Waals surface area contributed by atoms with E-state index in [1.165, 1.54) is 19.3 Å². The lowest BCUT2D eigenvalue weighted by atomic mass is 9.80. The molecular weight excluding hydrogens is 212 g/mol. The molecule has 3 heteroatoms. The summed E-state index contributed by atoms with van der Waals surface area (Å²) in [5.74, 6) is 3.29. The maximum absolute atomic E-state index is 5.58. The second-order valence-corrected chi connectivity index (χ2v) is 5.70. The van der Waals surface area contributed by atoms with Crippen molar-refractivity contribution in [2.24, 2.45) is 11.8 Å². The lowest BCUT2D eigenvalue weighted by Crippen LogP contribution is -2.40. The smallest absolute Gasteiger partial charge is 0.211 e. The average Bonchev–Trinajstić information content (AvgIpc) is 2.70. The first-order valence-electron chi connectivity index (χ1n) is 6.74. The molecule has 0 aliphatic heterocycles. The Morgan fingerprint density at radius 1 is 1.41 bits per heavy atom. The highest BCUT2D eigenvalue weighted by atomic mass is 16.4. The fourth-order valence-electron chi connectivity index (χ4n) is 2.73. The van der Waals surface area contributed by atoms with Crippen LogP contribution in [-0.4, -0.2) is 11.0 Å². The van der Waals surface area contributed by atoms with E-state index in [9.17, 15) is 0 Å². The number of rotatable bonds is 3. The van der Waals surface area contributed by atoms with Crippen LogP contribution in [0.4, 0.5) is 0 Å². The quantitative estimate of drug-likeness (QED) is 0.873. The van der Waals surface area contributed by atoms with E-state index >= 15 is 0 Å². The average molecular weight is 236 g/mol. The third-order valence-electron chi connectivity index (χ3n) is 3.93. The Bertz CT molecular complexity index is 361. The molecule has 0 spiro atoms. The van der Waals surface area contributed by atoms with Gasteiger partial charge in [0.1, 0.15) is 5.76 Å². The number of aromatic nitrogens is 1. The van der Waals surface area contributed by atoms with Crippen molar-refractivity contribution in [3.63, 3.8) is 0 Å². The number of hydrogen-bond donors (Lipinski definition) is 1. The van der Waals surface area contributed by atoms with Crippen molar-refractivity contribution in [1.82, 2.24) is 10.3 Å². The van der Waals surface area contributed by atoms with Crippen LogP contribution in [0, 0.1) is 18.8 Å². The van der Waals surface area contributed by atoms with Crippen LogP contribution >= 0.6 is 0 Å². The van der Waals surface area contributed by atoms with Gasteiger partial charge in [0.2, 0.25) is 5.89 Å². The molecule has 0 aromatic carbocycles. The van der Waals surface area contributed by atoms with Gasteiger partial charge >= 0.3 is 0 Å². The van der Waals surface area contributed by atoms with Crippen LogP contribution < -0.4 is 5.32 Å². The van der Waals surface area contributed by atoms with Crippen LogP contribution in [0.5, 0.6) is 0 Å². The Morgan fingerprint density at radius 2 is 2.18 bits per heavy atom. The Kier molecular flexibility index (Phi) is 3.87. The first-order valence-corrected chi connectivity index (χ1v) is 6.74. The Balaban J connectivity index is 1.95. The summed E-state index contributed by atoms with van der Waals surface area (Å²) in [6.45, 7) is 8.77. The van der Waals surface area contributed by atoms with Gasteiger partial charge in [-0.3, -0.25) is 0 Å². The number of aryl methyl sites for hydroxylation is 1. The summed E-state index contributed by atoms with van der Waals surface area (Å²) < 4.78 is 5.58. The van der Waals surface area contributed by atoms with E-state index in [2.05, 4.69) is 31.1 Å². The highest BCUT2D eigenvalue weighted by molar-refractivity contribution is 4.96. The third kappa shape index (κ3) is 3.09. The van der Waals surface area contributed by atoms with Crippen LogP contribution in [0.2, 0.25) is 0 Å². The molecule has 96 valence electrons. The van der Waals surface area contributed by atoms with Crippen molar-refractivity contribution < 1.29 is 4.42 Å². The molecule has 0 radical (unpaired) electrons. The summed E-state index contributed by atoms with van der Waals surface area (Å²) in [6.07, 6.45) is 5.76. The van der Waals surface area contributed by atoms with Crippen molar-refractivity contribution in [3.8, 4) is 0 Å². The number of oxazole rings is 1. The SMILES string of the molecule is Cc1cnc(C(C)NC2CC(C)CCC2C)o1. The molecule has 17 heavy (non-hydrogen) atoms. The van der Waals surface area contributed by atoms with Crippen LogP contribution in [0.25, 0.3) is 0 Å². The zero-order valence-electron chi connectivity index (χ0n) is 11.4. The first kappa shape index (κ1) is 12.6. The number of nitrogens with one attached hydrogen (secondary N) is 1. The van der Waals surface area contributed by atoms with E-state index in [1.54, 1.807) is 6.20 Å². The summed E-state index contributed by atoms with van der Waals surface area (Å²) in [5.41, 5.74) is 0. The predicted octanol–water partition coefficient (Wildman–Crippen LogP) is 3.46. The predicted molar refractivity (Wildman–Crippen MR) is 68.8 cm³/mol. The molecule has 1 saturated carbocycles. The van der Waals surface area contributed by atoms with E-state index in [1.807, 2.05) is 6.92 Å². The standard InChI is InChI=1S/C14H24N2O/c1-9-5-6-10(2)13(7-9)16-12(4)14-15-8-11(3)17-14/h8-10,12-13,16H,5-7H2,1-4H3. The molecule has 1 aromatic rings. The zero-order chi connectivity index (χ0) is 12.4. The fraction of sp³-hybridized carbons (Fsp3) is 0.786. The highest BCUT2D eigenvalue weighted by Gasteiger charge is 2.27. The van der Waals surface area contributed by atoms with Gasteiger partial charge in [0, 0.05) is 6.04 Å². The lowest BCUT2D eigenvalue weighted by Gasteiger charge is -2.34. The molecule has 0 saturated heterocycles. The minimum absolute atomic E-state index is 0.210. The molecule has 1 aromatic heterocycles. The summed E-state index contributed by atoms with van der Waals surface area (Å²) in [7, 11) is 0. The van der Waals surface area contributed by atoms with Gasteiger partial charge in [0.15, 0.2) is 0 Å². The van der Waals surface area contributed by atoms with E-state index in [4.69, 9.17) is 4.42 Å². The number of nitrogens with zero attached hydrogens (tertiary/aromatic N) is 1. The zero-order valence-corrected chi connectivity index (χ0v) is 11.4. The summed E-state index contributed by atoms with van der Waals surface area (Å²) in [4.78, 5) is 4.30. The molecule has 0 amide bonds. The van der Waals surface area contributed by atoms with E-state index in [-0.39, 0.29) is 6.04 Å². The molecule has 1 fully saturated rings. The van der Waals surface area contributed by atoms with Crippen molar-refractivity contribution >= 4 is 0 Å². The number of hydrogen-bond acceptors (Lipinski definition) is 3. The second-order valence-electron chi connectivity index (χ2n) is 5.70. The molecule has 1 N–H and O–H groups in total. The monoisotopic (exact) mass is 236 g/mol. The highest BCUT2D eigenvalue weighted by Crippen LogP contribution is 2.30. The molecule has 4 atom stereocenters. The minimum Gasteiger partial charge on any atom is -0.444 e. The van der Waals surface area contributed by atoms with Gasteiger partial charge in [-0.1, -0.05) is 20.3 Å². The van der Waals surface area contributed by atoms with E-state index in [0.29, 0.717) is 6.04 Å². The van der Waals surface area contributed by atoms with E-state index < -0.39 is 0 Å². The molecular formula is C14H24N2O. The topological polar surface area (TPSA) is 38.1 Å². The van der Waals surface area contributed by atoms with Gasteiger partial charge in [-0.05, 0) is 38.5 Å². The Morgan fingerprint density at radius 3 is 2.82 bits per heavy atom. The van der Waals surface area contributed by atoms with Crippen LogP contribution in [0.15, 0.2) is 10.6 Å². The molecule has 1 heterocycles. The summed E-state index contributed by atoms with van der Waals surface area (Å²) in [6, 6.07) is 0.808. The van der Waals surface area contributed by atoms with Gasteiger partial charge < -0.3 is 9.73 Å². The van der Waals surface area contributed by atoms with E-state index in [0.717, 1.165) is 23.5 Å². The van der Waals surface area contributed by atoms with Gasteiger partial charge in [-0.2, -0.15) is 0 Å². The molecule has 3 nitrogen and oxygen atoms in total. The normalized spacial score (nSPS) is 31.4. The third-order valence-corrected chi connectivity index (χ3v) is 3.93. The largest absolute Gasteiger partial charge is 0.444 e. The van der Waals surface area contributed by atoms with Crippen molar-refractivity contribution in [1.29, 1.82) is 0 Å². The van der Waals surface area contributed by atoms with Gasteiger partial charge in [-0.15, -0.1) is 0 Å². The summed E-state index contributed by atoms with van der Waals surface area (Å²) in [5, 5.41) is 3.67. The molecule has 2 rings (SSSR count). The Hall–Kier alpha value is -0.830. The molecule has 0 bridgehead atoms. The first-order chi connectivity index (χ1) is 8.06. The fourth-order valence-corrected chi connectivity index (χ4v) is 2.73. The maximum atomic E-state index is 5.58. The molecule has 4 unspecified atom stereocenters. The van der Waals surface area contributed by atoms with Crippen LogP contribution in [-0.2, 0) is 0 Å². The molecule has 1 aliphatic rings. The van der Waals surface area contributed by atoms with Crippen molar-refractivity contribution in [2.45, 2.75) is 59.0 Å². The van der Waals surface area contributed by atoms with Crippen molar-refractivity contribution in [2.75, 3.05) is 0 Å². The minimum atomic E-state index is 0.210. The van der Waals surface area contributed by atoms with Crippen molar-refractivity contribution in [3.05, 3.63) is 17.8 Å². The van der Waals surface area contributed by atoms with Gasteiger partial charge in [0.25, 0.3) is 0 Å². The van der Waals surface area contributed by atoms with Crippen LogP contribution in [0.3, 0.4) is 0 Å². The van der Waals surface area contributed by atoms with Gasteiger partial charge in [-0.25, -0.2) is 4.98 Å². The van der Waals surface area contributed by atoms with Gasteiger partial charge in [0.05, 0.1) is 12.2 Å². The maximum Gasteiger partial charge on any atom is 0.211 e. The molecule has 1 aliphatic carbocycles.